The standard InChI is InChI=1S/C14H19IN4S/c1-8-7-20-10(17-8)6-9-18-12(14(2,3)4)11(15)13(16-5)19-9/h7H,6H2,1-5H3,(H,16,18,19). The first-order valence-electron chi connectivity index (χ1n) is 6.47. The zero-order chi connectivity index (χ0) is 14.9. The van der Waals surface area contributed by atoms with Gasteiger partial charge in [-0.3, -0.25) is 0 Å². The third kappa shape index (κ3) is 3.46. The summed E-state index contributed by atoms with van der Waals surface area (Å²) in [5, 5.41) is 6.29. The SMILES string of the molecule is CNc1nc(Cc2nc(C)cs2)nc(C(C)(C)C)c1I. The molecule has 0 aliphatic rings. The summed E-state index contributed by atoms with van der Waals surface area (Å²) < 4.78 is 1.09. The average molecular weight is 402 g/mol. The van der Waals surface area contributed by atoms with Crippen LogP contribution in [0.3, 0.4) is 0 Å². The van der Waals surface area contributed by atoms with Crippen LogP contribution in [-0.2, 0) is 11.8 Å². The second-order valence-electron chi connectivity index (χ2n) is 5.71. The molecule has 1 N–H and O–H groups in total. The van der Waals surface area contributed by atoms with Gasteiger partial charge in [0.1, 0.15) is 16.6 Å². The molecule has 2 aromatic heterocycles. The molecule has 0 aliphatic heterocycles. The first kappa shape index (κ1) is 15.6. The van der Waals surface area contributed by atoms with Crippen LogP contribution in [0, 0.1) is 10.5 Å². The summed E-state index contributed by atoms with van der Waals surface area (Å²) in [5.41, 5.74) is 2.14. The Bertz CT molecular complexity index is 616. The molecule has 6 heteroatoms. The van der Waals surface area contributed by atoms with Crippen LogP contribution in [0.2, 0.25) is 0 Å². The quantitative estimate of drug-likeness (QED) is 0.795. The van der Waals surface area contributed by atoms with Gasteiger partial charge in [-0.15, -0.1) is 11.3 Å². The van der Waals surface area contributed by atoms with Gasteiger partial charge in [0, 0.05) is 23.5 Å². The van der Waals surface area contributed by atoms with Crippen molar-refractivity contribution in [1.29, 1.82) is 0 Å². The van der Waals surface area contributed by atoms with Crippen molar-refractivity contribution in [3.8, 4) is 0 Å². The van der Waals surface area contributed by atoms with Gasteiger partial charge in [0.05, 0.1) is 15.7 Å². The van der Waals surface area contributed by atoms with Gasteiger partial charge in [-0.1, -0.05) is 20.8 Å². The van der Waals surface area contributed by atoms with Gasteiger partial charge < -0.3 is 5.32 Å². The minimum Gasteiger partial charge on any atom is -0.372 e. The largest absolute Gasteiger partial charge is 0.372 e. The zero-order valence-electron chi connectivity index (χ0n) is 12.4. The molecule has 0 amide bonds. The van der Waals surface area contributed by atoms with Crippen molar-refractivity contribution in [2.45, 2.75) is 39.5 Å². The summed E-state index contributed by atoms with van der Waals surface area (Å²) in [5.74, 6) is 1.72. The van der Waals surface area contributed by atoms with Crippen LogP contribution in [0.25, 0.3) is 0 Å². The van der Waals surface area contributed by atoms with Crippen molar-refractivity contribution in [2.24, 2.45) is 0 Å². The molecule has 0 fully saturated rings. The number of rotatable bonds is 3. The Kier molecular flexibility index (Phi) is 4.63. The van der Waals surface area contributed by atoms with Crippen LogP contribution in [0.15, 0.2) is 5.38 Å². The normalized spacial score (nSPS) is 11.7. The average Bonchev–Trinajstić information content (AvgIpc) is 2.75. The van der Waals surface area contributed by atoms with Gasteiger partial charge in [0.25, 0.3) is 0 Å². The lowest BCUT2D eigenvalue weighted by atomic mass is 9.92. The second-order valence-corrected chi connectivity index (χ2v) is 7.73. The van der Waals surface area contributed by atoms with Crippen molar-refractivity contribution < 1.29 is 0 Å². The highest BCUT2D eigenvalue weighted by Gasteiger charge is 2.23. The Morgan fingerprint density at radius 3 is 2.45 bits per heavy atom. The maximum atomic E-state index is 4.76. The maximum Gasteiger partial charge on any atom is 0.143 e. The number of hydrogen-bond donors (Lipinski definition) is 1. The molecular formula is C14H19IN4S. The van der Waals surface area contributed by atoms with E-state index in [1.165, 1.54) is 0 Å². The van der Waals surface area contributed by atoms with E-state index in [9.17, 15) is 0 Å². The van der Waals surface area contributed by atoms with E-state index in [0.29, 0.717) is 6.42 Å². The lowest BCUT2D eigenvalue weighted by molar-refractivity contribution is 0.559. The molecule has 0 saturated carbocycles. The summed E-state index contributed by atoms with van der Waals surface area (Å²) in [6.45, 7) is 8.53. The lowest BCUT2D eigenvalue weighted by Crippen LogP contribution is -2.19. The summed E-state index contributed by atoms with van der Waals surface area (Å²) >= 11 is 3.98. The van der Waals surface area contributed by atoms with Crippen LogP contribution < -0.4 is 5.32 Å². The molecule has 0 spiro atoms. The summed E-state index contributed by atoms with van der Waals surface area (Å²) in [6, 6.07) is 0. The molecule has 20 heavy (non-hydrogen) atoms. The molecule has 0 atom stereocenters. The predicted molar refractivity (Wildman–Crippen MR) is 92.7 cm³/mol. The summed E-state index contributed by atoms with van der Waals surface area (Å²) in [4.78, 5) is 13.9. The van der Waals surface area contributed by atoms with Gasteiger partial charge in [-0.2, -0.15) is 0 Å². The number of aryl methyl sites for hydroxylation is 1. The van der Waals surface area contributed by atoms with E-state index < -0.39 is 0 Å². The van der Waals surface area contributed by atoms with Crippen LogP contribution >= 0.6 is 33.9 Å². The van der Waals surface area contributed by atoms with Gasteiger partial charge in [0.2, 0.25) is 0 Å². The van der Waals surface area contributed by atoms with E-state index in [-0.39, 0.29) is 5.41 Å². The number of anilines is 1. The first-order valence-corrected chi connectivity index (χ1v) is 8.42. The van der Waals surface area contributed by atoms with Gasteiger partial charge in [-0.25, -0.2) is 15.0 Å². The molecule has 0 aliphatic carbocycles. The van der Waals surface area contributed by atoms with E-state index >= 15 is 0 Å². The monoisotopic (exact) mass is 402 g/mol. The number of thiazole rings is 1. The van der Waals surface area contributed by atoms with Crippen molar-refractivity contribution >= 4 is 39.7 Å². The fourth-order valence-electron chi connectivity index (χ4n) is 1.85. The number of aromatic nitrogens is 3. The Labute approximate surface area is 137 Å². The molecule has 108 valence electrons. The highest BCUT2D eigenvalue weighted by Crippen LogP contribution is 2.29. The smallest absolute Gasteiger partial charge is 0.143 e. The number of nitrogens with one attached hydrogen (secondary N) is 1. The fourth-order valence-corrected chi connectivity index (χ4v) is 3.94. The summed E-state index contributed by atoms with van der Waals surface area (Å²) in [6.07, 6.45) is 0.688. The Hall–Kier alpha value is -0.760. The minimum absolute atomic E-state index is 0.00138. The van der Waals surface area contributed by atoms with E-state index in [4.69, 9.17) is 4.98 Å². The van der Waals surface area contributed by atoms with E-state index in [0.717, 1.165) is 31.6 Å². The van der Waals surface area contributed by atoms with Crippen LogP contribution in [0.1, 0.15) is 43.0 Å². The predicted octanol–water partition coefficient (Wildman–Crippen LogP) is 3.78. The van der Waals surface area contributed by atoms with E-state index in [1.807, 2.05) is 14.0 Å². The second kappa shape index (κ2) is 5.93. The Morgan fingerprint density at radius 1 is 1.25 bits per heavy atom. The molecule has 0 radical (unpaired) electrons. The lowest BCUT2D eigenvalue weighted by Gasteiger charge is -2.21. The van der Waals surface area contributed by atoms with E-state index in [2.05, 4.69) is 64.0 Å². The molecule has 2 rings (SSSR count). The molecule has 0 saturated heterocycles. The van der Waals surface area contributed by atoms with Crippen LogP contribution in [-0.4, -0.2) is 22.0 Å². The third-order valence-corrected chi connectivity index (χ3v) is 4.81. The van der Waals surface area contributed by atoms with Crippen LogP contribution in [0.5, 0.6) is 0 Å². The fraction of sp³-hybridized carbons (Fsp3) is 0.500. The number of nitrogens with zero attached hydrogens (tertiary/aromatic N) is 3. The van der Waals surface area contributed by atoms with E-state index in [1.54, 1.807) is 11.3 Å². The minimum atomic E-state index is -0.00138. The highest BCUT2D eigenvalue weighted by molar-refractivity contribution is 14.1. The topological polar surface area (TPSA) is 50.7 Å². The molecular weight excluding hydrogens is 383 g/mol. The Balaban J connectivity index is 2.43. The molecule has 0 unspecified atom stereocenters. The molecule has 2 heterocycles. The Morgan fingerprint density at radius 2 is 1.95 bits per heavy atom. The third-order valence-electron chi connectivity index (χ3n) is 2.82. The van der Waals surface area contributed by atoms with Gasteiger partial charge in [-0.05, 0) is 29.5 Å². The highest BCUT2D eigenvalue weighted by atomic mass is 127. The maximum absolute atomic E-state index is 4.76. The van der Waals surface area contributed by atoms with Crippen molar-refractivity contribution in [2.75, 3.05) is 12.4 Å². The van der Waals surface area contributed by atoms with Crippen molar-refractivity contribution in [3.05, 3.63) is 31.2 Å². The molecule has 0 bridgehead atoms. The number of halogens is 1. The molecule has 0 aromatic carbocycles. The van der Waals surface area contributed by atoms with Gasteiger partial charge >= 0.3 is 0 Å². The molecule has 4 nitrogen and oxygen atoms in total. The van der Waals surface area contributed by atoms with Crippen molar-refractivity contribution in [1.82, 2.24) is 15.0 Å². The van der Waals surface area contributed by atoms with Crippen LogP contribution in [0.4, 0.5) is 5.82 Å². The van der Waals surface area contributed by atoms with Crippen molar-refractivity contribution in [3.63, 3.8) is 0 Å². The summed E-state index contributed by atoms with van der Waals surface area (Å²) in [7, 11) is 1.90. The molecule has 2 aromatic rings. The number of hydrogen-bond acceptors (Lipinski definition) is 5. The first-order chi connectivity index (χ1) is 9.31. The van der Waals surface area contributed by atoms with Gasteiger partial charge in [0.15, 0.2) is 0 Å². The zero-order valence-corrected chi connectivity index (χ0v) is 15.4.